The van der Waals surface area contributed by atoms with E-state index in [9.17, 15) is 28.5 Å². The minimum Gasteiger partial charge on any atom is -0.389 e. The van der Waals surface area contributed by atoms with Crippen LogP contribution in [0.1, 0.15) is 12.0 Å². The number of hydrogen-bond donors (Lipinski definition) is 3. The maximum atomic E-state index is 12.8. The van der Waals surface area contributed by atoms with Crippen LogP contribution in [0.25, 0.3) is 0 Å². The van der Waals surface area contributed by atoms with Crippen LogP contribution < -0.4 is 4.90 Å². The molecule has 0 radical (unpaired) electrons. The zero-order valence-corrected chi connectivity index (χ0v) is 13.6. The minimum absolute atomic E-state index is 0.212. The highest BCUT2D eigenvalue weighted by atomic mass is 19.4. The van der Waals surface area contributed by atoms with Gasteiger partial charge in [0.05, 0.1) is 29.7 Å². The number of anilines is 1. The molecule has 6 nitrogen and oxygen atoms in total. The van der Waals surface area contributed by atoms with Gasteiger partial charge >= 0.3 is 6.18 Å². The van der Waals surface area contributed by atoms with E-state index in [1.807, 2.05) is 9.80 Å². The van der Waals surface area contributed by atoms with Gasteiger partial charge in [0.15, 0.2) is 0 Å². The second-order valence-corrected chi connectivity index (χ2v) is 6.87. The average Bonchev–Trinajstić information content (AvgIpc) is 3.00. The Morgan fingerprint density at radius 1 is 1.08 bits per heavy atom. The molecule has 2 aliphatic rings. The third-order valence-electron chi connectivity index (χ3n) is 4.90. The number of piperidine rings is 1. The fraction of sp³-hybridized carbons (Fsp3) is 0.688. The van der Waals surface area contributed by atoms with E-state index >= 15 is 0 Å². The first-order chi connectivity index (χ1) is 11.7. The first kappa shape index (κ1) is 18.4. The number of pyridine rings is 1. The minimum atomic E-state index is -4.41. The molecule has 2 aliphatic heterocycles. The Labute approximate surface area is 143 Å². The average molecular weight is 361 g/mol. The molecule has 0 aliphatic carbocycles. The van der Waals surface area contributed by atoms with Crippen molar-refractivity contribution in [3.63, 3.8) is 0 Å². The van der Waals surface area contributed by atoms with E-state index in [1.54, 1.807) is 0 Å². The van der Waals surface area contributed by atoms with Gasteiger partial charge in [-0.2, -0.15) is 13.2 Å². The van der Waals surface area contributed by atoms with Gasteiger partial charge in [-0.1, -0.05) is 0 Å². The summed E-state index contributed by atoms with van der Waals surface area (Å²) in [5.74, 6) is 0.212. The Kier molecular flexibility index (Phi) is 5.19. The molecule has 3 heterocycles. The van der Waals surface area contributed by atoms with Crippen molar-refractivity contribution in [2.24, 2.45) is 5.92 Å². The van der Waals surface area contributed by atoms with Gasteiger partial charge in [0.2, 0.25) is 0 Å². The van der Waals surface area contributed by atoms with Gasteiger partial charge in [0.1, 0.15) is 6.10 Å². The number of β-amino-alcohol motifs (C(OH)–C–C–N with tert-alkyl or cyclic N) is 2. The standard InChI is InChI=1S/C16H22F3N3O3/c17-16(18,19)11-3-12(5-20-4-11)22-2-1-10(7-22)6-21-8-13(23)15(25)14(24)9-21/h3-5,10,13-15,23-25H,1-2,6-9H2/t10-,13-,14+,15?/m1/s1. The summed E-state index contributed by atoms with van der Waals surface area (Å²) in [6, 6.07) is 1.11. The topological polar surface area (TPSA) is 80.1 Å². The molecule has 3 N–H and O–H groups in total. The summed E-state index contributed by atoms with van der Waals surface area (Å²) in [6.45, 7) is 2.40. The fourth-order valence-corrected chi connectivity index (χ4v) is 3.56. The summed E-state index contributed by atoms with van der Waals surface area (Å²) < 4.78 is 38.4. The Hall–Kier alpha value is -1.42. The Bertz CT molecular complexity index is 589. The summed E-state index contributed by atoms with van der Waals surface area (Å²) in [5, 5.41) is 29.1. The summed E-state index contributed by atoms with van der Waals surface area (Å²) in [4.78, 5) is 7.46. The van der Waals surface area contributed by atoms with Gasteiger partial charge in [0, 0.05) is 38.9 Å². The van der Waals surface area contributed by atoms with Crippen LogP contribution in [-0.2, 0) is 6.18 Å². The molecule has 0 spiro atoms. The van der Waals surface area contributed by atoms with E-state index in [0.717, 1.165) is 18.7 Å². The first-order valence-electron chi connectivity index (χ1n) is 8.28. The van der Waals surface area contributed by atoms with Crippen molar-refractivity contribution in [2.75, 3.05) is 37.6 Å². The van der Waals surface area contributed by atoms with Gasteiger partial charge in [-0.3, -0.25) is 9.88 Å². The van der Waals surface area contributed by atoms with E-state index in [-0.39, 0.29) is 19.0 Å². The van der Waals surface area contributed by atoms with Crippen LogP contribution in [0, 0.1) is 5.92 Å². The summed E-state index contributed by atoms with van der Waals surface area (Å²) in [7, 11) is 0. The highest BCUT2D eigenvalue weighted by molar-refractivity contribution is 5.47. The number of hydrogen-bond acceptors (Lipinski definition) is 6. The summed E-state index contributed by atoms with van der Waals surface area (Å²) in [6.07, 6.45) is -4.47. The number of nitrogens with zero attached hydrogens (tertiary/aromatic N) is 3. The van der Waals surface area contributed by atoms with Crippen LogP contribution in [0.15, 0.2) is 18.5 Å². The maximum absolute atomic E-state index is 12.8. The SMILES string of the molecule is OC1[C@H](O)CN(C[C@H]2CCN(c3cncc(C(F)(F)F)c3)C2)C[C@@H]1O. The predicted octanol–water partition coefficient (Wildman–Crippen LogP) is 0.325. The molecule has 0 aromatic carbocycles. The Morgan fingerprint density at radius 3 is 2.40 bits per heavy atom. The highest BCUT2D eigenvalue weighted by Crippen LogP contribution is 2.32. The molecule has 9 heteroatoms. The number of aliphatic hydroxyl groups is 3. The van der Waals surface area contributed by atoms with E-state index < -0.39 is 30.1 Å². The lowest BCUT2D eigenvalue weighted by Crippen LogP contribution is -2.56. The van der Waals surface area contributed by atoms with Crippen LogP contribution in [0.2, 0.25) is 0 Å². The van der Waals surface area contributed by atoms with Crippen molar-refractivity contribution in [3.05, 3.63) is 24.0 Å². The smallest absolute Gasteiger partial charge is 0.389 e. The highest BCUT2D eigenvalue weighted by Gasteiger charge is 2.36. The number of likely N-dealkylation sites (tertiary alicyclic amines) is 1. The van der Waals surface area contributed by atoms with Gasteiger partial charge < -0.3 is 20.2 Å². The van der Waals surface area contributed by atoms with Crippen molar-refractivity contribution in [1.29, 1.82) is 0 Å². The third kappa shape index (κ3) is 4.22. The normalized spacial score (nSPS) is 31.5. The molecule has 25 heavy (non-hydrogen) atoms. The zero-order valence-electron chi connectivity index (χ0n) is 13.6. The van der Waals surface area contributed by atoms with Crippen LogP contribution >= 0.6 is 0 Å². The Balaban J connectivity index is 1.59. The lowest BCUT2D eigenvalue weighted by molar-refractivity contribution is -0.137. The van der Waals surface area contributed by atoms with Crippen molar-refractivity contribution in [3.8, 4) is 0 Å². The molecule has 0 amide bonds. The number of halogens is 3. The predicted molar refractivity (Wildman–Crippen MR) is 84.0 cm³/mol. The zero-order chi connectivity index (χ0) is 18.2. The number of aliphatic hydroxyl groups excluding tert-OH is 3. The summed E-state index contributed by atoms with van der Waals surface area (Å²) in [5.41, 5.74) is -0.309. The molecule has 2 saturated heterocycles. The van der Waals surface area contributed by atoms with Crippen LogP contribution in [0.5, 0.6) is 0 Å². The van der Waals surface area contributed by atoms with E-state index in [4.69, 9.17) is 0 Å². The second kappa shape index (κ2) is 7.06. The molecule has 1 unspecified atom stereocenters. The lowest BCUT2D eigenvalue weighted by atomic mass is 10.00. The van der Waals surface area contributed by atoms with Gasteiger partial charge in [0.25, 0.3) is 0 Å². The van der Waals surface area contributed by atoms with Crippen molar-refractivity contribution in [2.45, 2.75) is 30.9 Å². The molecule has 1 aromatic heterocycles. The van der Waals surface area contributed by atoms with E-state index in [0.29, 0.717) is 25.3 Å². The first-order valence-corrected chi connectivity index (χ1v) is 8.28. The van der Waals surface area contributed by atoms with Gasteiger partial charge in [-0.05, 0) is 18.4 Å². The van der Waals surface area contributed by atoms with Crippen LogP contribution in [-0.4, -0.2) is 76.2 Å². The number of alkyl halides is 3. The lowest BCUT2D eigenvalue weighted by Gasteiger charge is -2.38. The molecule has 4 atom stereocenters. The van der Waals surface area contributed by atoms with Crippen LogP contribution in [0.3, 0.4) is 0 Å². The quantitative estimate of drug-likeness (QED) is 0.720. The van der Waals surface area contributed by atoms with E-state index in [2.05, 4.69) is 4.98 Å². The van der Waals surface area contributed by atoms with Crippen molar-refractivity contribution >= 4 is 5.69 Å². The molecule has 2 fully saturated rings. The van der Waals surface area contributed by atoms with Crippen molar-refractivity contribution < 1.29 is 28.5 Å². The second-order valence-electron chi connectivity index (χ2n) is 6.87. The summed E-state index contributed by atoms with van der Waals surface area (Å²) >= 11 is 0. The van der Waals surface area contributed by atoms with Crippen molar-refractivity contribution in [1.82, 2.24) is 9.88 Å². The van der Waals surface area contributed by atoms with Gasteiger partial charge in [-0.15, -0.1) is 0 Å². The largest absolute Gasteiger partial charge is 0.417 e. The number of rotatable bonds is 3. The number of aromatic nitrogens is 1. The molecular weight excluding hydrogens is 339 g/mol. The van der Waals surface area contributed by atoms with Gasteiger partial charge in [-0.25, -0.2) is 0 Å². The Morgan fingerprint density at radius 2 is 1.76 bits per heavy atom. The molecule has 140 valence electrons. The molecule has 0 bridgehead atoms. The van der Waals surface area contributed by atoms with E-state index in [1.165, 1.54) is 6.20 Å². The monoisotopic (exact) mass is 361 g/mol. The molecule has 3 rings (SSSR count). The third-order valence-corrected chi connectivity index (χ3v) is 4.90. The maximum Gasteiger partial charge on any atom is 0.417 e. The molecule has 0 saturated carbocycles. The molecule has 1 aromatic rings. The fourth-order valence-electron chi connectivity index (χ4n) is 3.56. The van der Waals surface area contributed by atoms with Crippen LogP contribution in [0.4, 0.5) is 18.9 Å². The molecular formula is C16H22F3N3O3.